The molecule has 0 saturated carbocycles. The van der Waals surface area contributed by atoms with Crippen molar-refractivity contribution >= 4 is 10.0 Å². The highest BCUT2D eigenvalue weighted by Gasteiger charge is 2.27. The Morgan fingerprint density at radius 1 is 1.40 bits per heavy atom. The molecule has 15 heavy (non-hydrogen) atoms. The molecule has 2 atom stereocenters. The highest BCUT2D eigenvalue weighted by molar-refractivity contribution is 7.89. The maximum atomic E-state index is 11.6. The summed E-state index contributed by atoms with van der Waals surface area (Å²) >= 11 is 0. The average molecular weight is 235 g/mol. The number of rotatable bonds is 6. The van der Waals surface area contributed by atoms with Crippen molar-refractivity contribution in [3.05, 3.63) is 0 Å². The van der Waals surface area contributed by atoms with Crippen LogP contribution in [0.15, 0.2) is 0 Å². The summed E-state index contributed by atoms with van der Waals surface area (Å²) in [5.74, 6) is 0.240. The largest absolute Gasteiger partial charge is 0.377 e. The number of nitrogens with one attached hydrogen (secondary N) is 1. The Morgan fingerprint density at radius 3 is 2.67 bits per heavy atom. The smallest absolute Gasteiger partial charge is 0.211 e. The molecule has 0 bridgehead atoms. The number of ether oxygens (including phenoxy) is 1. The van der Waals surface area contributed by atoms with Gasteiger partial charge in [0.15, 0.2) is 0 Å². The third-order valence-electron chi connectivity index (χ3n) is 2.72. The summed E-state index contributed by atoms with van der Waals surface area (Å²) in [6, 6.07) is -0.0309. The van der Waals surface area contributed by atoms with Gasteiger partial charge >= 0.3 is 0 Å². The molecule has 0 aromatic carbocycles. The van der Waals surface area contributed by atoms with E-state index in [0.29, 0.717) is 6.61 Å². The van der Waals surface area contributed by atoms with Crippen LogP contribution in [0.2, 0.25) is 0 Å². The summed E-state index contributed by atoms with van der Waals surface area (Å²) in [5.41, 5.74) is 0. The van der Waals surface area contributed by atoms with Crippen LogP contribution in [0.4, 0.5) is 0 Å². The van der Waals surface area contributed by atoms with Crippen molar-refractivity contribution in [3.8, 4) is 0 Å². The molecule has 1 rings (SSSR count). The Morgan fingerprint density at radius 2 is 2.13 bits per heavy atom. The van der Waals surface area contributed by atoms with Gasteiger partial charge in [0.1, 0.15) is 0 Å². The second kappa shape index (κ2) is 5.82. The first-order valence-electron chi connectivity index (χ1n) is 5.67. The highest BCUT2D eigenvalue weighted by Crippen LogP contribution is 2.13. The molecule has 1 aliphatic rings. The second-order valence-electron chi connectivity index (χ2n) is 4.11. The lowest BCUT2D eigenvalue weighted by Gasteiger charge is -2.15. The van der Waals surface area contributed by atoms with Crippen LogP contribution in [0.1, 0.15) is 39.5 Å². The third-order valence-corrected chi connectivity index (χ3v) is 4.21. The summed E-state index contributed by atoms with van der Waals surface area (Å²) in [6.45, 7) is 4.63. The van der Waals surface area contributed by atoms with Gasteiger partial charge in [-0.1, -0.05) is 19.8 Å². The lowest BCUT2D eigenvalue weighted by Crippen LogP contribution is -2.40. The summed E-state index contributed by atoms with van der Waals surface area (Å²) in [5, 5.41) is 0. The molecule has 0 aromatic rings. The van der Waals surface area contributed by atoms with E-state index in [4.69, 9.17) is 4.74 Å². The van der Waals surface area contributed by atoms with Crippen molar-refractivity contribution in [1.29, 1.82) is 0 Å². The summed E-state index contributed by atoms with van der Waals surface area (Å²) in [6.07, 6.45) is 3.55. The van der Waals surface area contributed by atoms with E-state index >= 15 is 0 Å². The fourth-order valence-corrected chi connectivity index (χ4v) is 3.19. The molecule has 0 unspecified atom stereocenters. The molecular weight excluding hydrogens is 214 g/mol. The van der Waals surface area contributed by atoms with E-state index < -0.39 is 10.0 Å². The quantitative estimate of drug-likeness (QED) is 0.705. The van der Waals surface area contributed by atoms with Gasteiger partial charge in [-0.25, -0.2) is 13.1 Å². The number of sulfonamides is 1. The van der Waals surface area contributed by atoms with Crippen LogP contribution in [-0.4, -0.2) is 32.9 Å². The summed E-state index contributed by atoms with van der Waals surface area (Å²) in [4.78, 5) is 0. The molecule has 1 fully saturated rings. The molecule has 0 spiro atoms. The summed E-state index contributed by atoms with van der Waals surface area (Å²) < 4.78 is 31.3. The minimum absolute atomic E-state index is 0.00551. The van der Waals surface area contributed by atoms with Crippen LogP contribution in [0.3, 0.4) is 0 Å². The molecule has 5 heteroatoms. The van der Waals surface area contributed by atoms with E-state index in [2.05, 4.69) is 11.6 Å². The van der Waals surface area contributed by atoms with E-state index in [-0.39, 0.29) is 17.9 Å². The second-order valence-corrected chi connectivity index (χ2v) is 5.99. The zero-order valence-corrected chi connectivity index (χ0v) is 10.3. The Kier molecular flexibility index (Phi) is 5.02. The van der Waals surface area contributed by atoms with Crippen molar-refractivity contribution in [1.82, 2.24) is 4.72 Å². The van der Waals surface area contributed by atoms with Crippen LogP contribution < -0.4 is 4.72 Å². The van der Waals surface area contributed by atoms with Crippen LogP contribution in [0.25, 0.3) is 0 Å². The van der Waals surface area contributed by atoms with Gasteiger partial charge < -0.3 is 4.74 Å². The average Bonchev–Trinajstić information content (AvgIpc) is 2.51. The zero-order chi connectivity index (χ0) is 11.3. The molecule has 1 saturated heterocycles. The molecule has 4 nitrogen and oxygen atoms in total. The maximum absolute atomic E-state index is 11.6. The van der Waals surface area contributed by atoms with E-state index in [1.165, 1.54) is 0 Å². The minimum Gasteiger partial charge on any atom is -0.377 e. The first-order chi connectivity index (χ1) is 7.05. The number of hydrogen-bond donors (Lipinski definition) is 1. The normalized spacial score (nSPS) is 27.1. The van der Waals surface area contributed by atoms with Crippen molar-refractivity contribution in [2.45, 2.75) is 51.7 Å². The van der Waals surface area contributed by atoms with Gasteiger partial charge in [-0.3, -0.25) is 0 Å². The Balaban J connectivity index is 2.35. The van der Waals surface area contributed by atoms with Crippen molar-refractivity contribution in [3.63, 3.8) is 0 Å². The molecule has 0 aliphatic carbocycles. The predicted molar refractivity (Wildman–Crippen MR) is 60.3 cm³/mol. The van der Waals surface area contributed by atoms with Crippen LogP contribution in [-0.2, 0) is 14.8 Å². The van der Waals surface area contributed by atoms with Crippen molar-refractivity contribution in [2.75, 3.05) is 12.4 Å². The van der Waals surface area contributed by atoms with Crippen LogP contribution >= 0.6 is 0 Å². The van der Waals surface area contributed by atoms with Gasteiger partial charge in [-0.05, 0) is 19.8 Å². The molecule has 1 N–H and O–H groups in total. The van der Waals surface area contributed by atoms with E-state index in [1.54, 1.807) is 0 Å². The van der Waals surface area contributed by atoms with E-state index in [0.717, 1.165) is 25.7 Å². The zero-order valence-electron chi connectivity index (χ0n) is 9.53. The van der Waals surface area contributed by atoms with Gasteiger partial charge in [-0.2, -0.15) is 0 Å². The van der Waals surface area contributed by atoms with Crippen LogP contribution in [0.5, 0.6) is 0 Å². The van der Waals surface area contributed by atoms with Gasteiger partial charge in [-0.15, -0.1) is 0 Å². The first-order valence-corrected chi connectivity index (χ1v) is 7.32. The number of unbranched alkanes of at least 4 members (excludes halogenated alkanes) is 2. The first kappa shape index (κ1) is 12.9. The topological polar surface area (TPSA) is 55.4 Å². The molecule has 1 heterocycles. The Labute approximate surface area is 92.4 Å². The minimum atomic E-state index is -3.10. The van der Waals surface area contributed by atoms with Crippen molar-refractivity contribution in [2.24, 2.45) is 0 Å². The van der Waals surface area contributed by atoms with Gasteiger partial charge in [0, 0.05) is 12.6 Å². The van der Waals surface area contributed by atoms with Gasteiger partial charge in [0.25, 0.3) is 0 Å². The number of hydrogen-bond acceptors (Lipinski definition) is 3. The molecular formula is C10H21NO3S. The molecule has 0 aromatic heterocycles. The molecule has 1 aliphatic heterocycles. The maximum Gasteiger partial charge on any atom is 0.211 e. The van der Waals surface area contributed by atoms with Gasteiger partial charge in [0.05, 0.1) is 11.9 Å². The predicted octanol–water partition coefficient (Wildman–Crippen LogP) is 1.27. The molecule has 0 radical (unpaired) electrons. The van der Waals surface area contributed by atoms with Crippen LogP contribution in [0, 0.1) is 0 Å². The fourth-order valence-electron chi connectivity index (χ4n) is 1.72. The molecule has 0 amide bonds. The lowest BCUT2D eigenvalue weighted by atomic mass is 10.2. The lowest BCUT2D eigenvalue weighted by molar-refractivity contribution is 0.117. The van der Waals surface area contributed by atoms with Gasteiger partial charge in [0.2, 0.25) is 10.0 Å². The standard InChI is InChI=1S/C10H21NO3S/c1-3-4-5-8-15(12,13)11-10-6-7-14-9(10)2/h9-11H,3-8H2,1-2H3/t9-,10-/m0/s1. The highest BCUT2D eigenvalue weighted by atomic mass is 32.2. The van der Waals surface area contributed by atoms with Crippen molar-refractivity contribution < 1.29 is 13.2 Å². The Bertz CT molecular complexity index is 276. The molecule has 90 valence electrons. The monoisotopic (exact) mass is 235 g/mol. The SMILES string of the molecule is CCCCCS(=O)(=O)N[C@H]1CCO[C@H]1C. The Hall–Kier alpha value is -0.130. The fraction of sp³-hybridized carbons (Fsp3) is 1.00. The van der Waals surface area contributed by atoms with E-state index in [1.807, 2.05) is 6.92 Å². The van der Waals surface area contributed by atoms with E-state index in [9.17, 15) is 8.42 Å². The summed E-state index contributed by atoms with van der Waals surface area (Å²) in [7, 11) is -3.10. The third kappa shape index (κ3) is 4.49.